The predicted molar refractivity (Wildman–Crippen MR) is 84.1 cm³/mol. The summed E-state index contributed by atoms with van der Waals surface area (Å²) in [4.78, 5) is 17.0. The van der Waals surface area contributed by atoms with Crippen LogP contribution in [-0.2, 0) is 0 Å². The van der Waals surface area contributed by atoms with Gasteiger partial charge < -0.3 is 4.98 Å². The molecule has 0 saturated heterocycles. The Morgan fingerprint density at radius 1 is 0.952 bits per heavy atom. The Hall–Kier alpha value is -2.75. The van der Waals surface area contributed by atoms with E-state index < -0.39 is 0 Å². The molecule has 4 rings (SSSR count). The highest BCUT2D eigenvalue weighted by Crippen LogP contribution is 2.27. The molecule has 0 saturated carbocycles. The molecule has 0 bridgehead atoms. The molecule has 1 N–H and O–H groups in total. The molecule has 0 atom stereocenters. The lowest BCUT2D eigenvalue weighted by Gasteiger charge is -2.01. The molecule has 0 fully saturated rings. The molecule has 4 aromatic rings. The van der Waals surface area contributed by atoms with Gasteiger partial charge in [-0.2, -0.15) is 0 Å². The normalized spacial score (nSPS) is 11.3. The lowest BCUT2D eigenvalue weighted by atomic mass is 10.1. The summed E-state index contributed by atoms with van der Waals surface area (Å²) in [6, 6.07) is 10.2. The van der Waals surface area contributed by atoms with Gasteiger partial charge in [-0.1, -0.05) is 12.1 Å². The fraction of sp³-hybridized carbons (Fsp3) is 0.118. The van der Waals surface area contributed by atoms with Gasteiger partial charge in [-0.25, -0.2) is 4.98 Å². The molecule has 4 heteroatoms. The van der Waals surface area contributed by atoms with E-state index in [1.54, 1.807) is 12.4 Å². The number of fused-ring (bicyclic) bond motifs is 2. The molecule has 21 heavy (non-hydrogen) atoms. The number of benzene rings is 2. The van der Waals surface area contributed by atoms with E-state index in [4.69, 9.17) is 4.98 Å². The number of imidazole rings is 1. The highest BCUT2D eigenvalue weighted by molar-refractivity contribution is 5.92. The maximum Gasteiger partial charge on any atom is 0.140 e. The number of hydrogen-bond donors (Lipinski definition) is 1. The molecule has 2 aromatic heterocycles. The van der Waals surface area contributed by atoms with Crippen LogP contribution in [-0.4, -0.2) is 19.9 Å². The van der Waals surface area contributed by atoms with E-state index in [1.807, 2.05) is 18.2 Å². The van der Waals surface area contributed by atoms with Crippen LogP contribution in [0.5, 0.6) is 0 Å². The molecule has 0 unspecified atom stereocenters. The first kappa shape index (κ1) is 12.0. The largest absolute Gasteiger partial charge is 0.338 e. The lowest BCUT2D eigenvalue weighted by Crippen LogP contribution is -1.88. The Balaban J connectivity index is 2.03. The molecule has 0 spiro atoms. The van der Waals surface area contributed by atoms with Gasteiger partial charge in [0, 0.05) is 18.0 Å². The summed E-state index contributed by atoms with van der Waals surface area (Å²) in [6.07, 6.45) is 3.42. The van der Waals surface area contributed by atoms with Crippen molar-refractivity contribution in [3.63, 3.8) is 0 Å². The van der Waals surface area contributed by atoms with E-state index in [-0.39, 0.29) is 0 Å². The quantitative estimate of drug-likeness (QED) is 0.574. The van der Waals surface area contributed by atoms with Crippen molar-refractivity contribution in [1.82, 2.24) is 19.9 Å². The first-order valence-electron chi connectivity index (χ1n) is 6.89. The third-order valence-corrected chi connectivity index (χ3v) is 3.68. The fourth-order valence-electron chi connectivity index (χ4n) is 2.78. The first-order chi connectivity index (χ1) is 10.2. The first-order valence-corrected chi connectivity index (χ1v) is 6.89. The van der Waals surface area contributed by atoms with Crippen molar-refractivity contribution in [2.24, 2.45) is 0 Å². The Morgan fingerprint density at radius 3 is 2.71 bits per heavy atom. The SMILES string of the molecule is Cc1cc(C)c2nc(-c3cccc4nccnc34)[nH]c2c1. The van der Waals surface area contributed by atoms with Gasteiger partial charge >= 0.3 is 0 Å². The van der Waals surface area contributed by atoms with E-state index in [0.29, 0.717) is 0 Å². The van der Waals surface area contributed by atoms with Crippen LogP contribution in [0.4, 0.5) is 0 Å². The third-order valence-electron chi connectivity index (χ3n) is 3.68. The number of hydrogen-bond acceptors (Lipinski definition) is 3. The number of H-pyrrole nitrogens is 1. The van der Waals surface area contributed by atoms with E-state index in [2.05, 4.69) is 40.9 Å². The molecule has 0 aliphatic heterocycles. The number of nitrogens with one attached hydrogen (secondary N) is 1. The van der Waals surface area contributed by atoms with Crippen molar-refractivity contribution < 1.29 is 0 Å². The van der Waals surface area contributed by atoms with Gasteiger partial charge in [0.25, 0.3) is 0 Å². The molecule has 0 aliphatic rings. The van der Waals surface area contributed by atoms with Crippen molar-refractivity contribution in [1.29, 1.82) is 0 Å². The summed E-state index contributed by atoms with van der Waals surface area (Å²) >= 11 is 0. The minimum atomic E-state index is 0.838. The second-order valence-corrected chi connectivity index (χ2v) is 5.29. The molecule has 0 amide bonds. The number of nitrogens with zero attached hydrogens (tertiary/aromatic N) is 3. The van der Waals surface area contributed by atoms with Gasteiger partial charge in [0.1, 0.15) is 5.82 Å². The lowest BCUT2D eigenvalue weighted by molar-refractivity contribution is 1.27. The zero-order chi connectivity index (χ0) is 14.4. The zero-order valence-electron chi connectivity index (χ0n) is 11.9. The van der Waals surface area contributed by atoms with E-state index in [1.165, 1.54) is 11.1 Å². The summed E-state index contributed by atoms with van der Waals surface area (Å²) < 4.78 is 0. The average Bonchev–Trinajstić information content (AvgIpc) is 2.90. The van der Waals surface area contributed by atoms with E-state index >= 15 is 0 Å². The predicted octanol–water partition coefficient (Wildman–Crippen LogP) is 3.79. The van der Waals surface area contributed by atoms with Gasteiger partial charge in [-0.3, -0.25) is 9.97 Å². The van der Waals surface area contributed by atoms with Gasteiger partial charge in [-0.05, 0) is 43.2 Å². The second kappa shape index (κ2) is 4.38. The smallest absolute Gasteiger partial charge is 0.140 e. The minimum Gasteiger partial charge on any atom is -0.338 e. The minimum absolute atomic E-state index is 0.838. The summed E-state index contributed by atoms with van der Waals surface area (Å²) in [7, 11) is 0. The van der Waals surface area contributed by atoms with Gasteiger partial charge in [-0.15, -0.1) is 0 Å². The summed E-state index contributed by atoms with van der Waals surface area (Å²) in [5, 5.41) is 0. The van der Waals surface area contributed by atoms with Crippen LogP contribution in [0.3, 0.4) is 0 Å². The number of para-hydroxylation sites is 1. The molecule has 2 aromatic carbocycles. The summed E-state index contributed by atoms with van der Waals surface area (Å²) in [5.74, 6) is 0.838. The Morgan fingerprint density at radius 2 is 1.81 bits per heavy atom. The molecule has 0 aliphatic carbocycles. The monoisotopic (exact) mass is 274 g/mol. The van der Waals surface area contributed by atoms with Gasteiger partial charge in [0.2, 0.25) is 0 Å². The molecule has 2 heterocycles. The maximum absolute atomic E-state index is 4.75. The molecule has 102 valence electrons. The zero-order valence-corrected chi connectivity index (χ0v) is 11.9. The van der Waals surface area contributed by atoms with Crippen molar-refractivity contribution in [2.45, 2.75) is 13.8 Å². The van der Waals surface area contributed by atoms with Crippen LogP contribution in [0.1, 0.15) is 11.1 Å². The Kier molecular flexibility index (Phi) is 2.51. The van der Waals surface area contributed by atoms with Gasteiger partial charge in [0.05, 0.1) is 22.1 Å². The number of aromatic amines is 1. The fourth-order valence-corrected chi connectivity index (χ4v) is 2.78. The van der Waals surface area contributed by atoms with E-state index in [9.17, 15) is 0 Å². The molecular weight excluding hydrogens is 260 g/mol. The van der Waals surface area contributed by atoms with Crippen molar-refractivity contribution in [3.05, 3.63) is 53.9 Å². The number of aromatic nitrogens is 4. The highest BCUT2D eigenvalue weighted by Gasteiger charge is 2.11. The van der Waals surface area contributed by atoms with Gasteiger partial charge in [0.15, 0.2) is 0 Å². The maximum atomic E-state index is 4.75. The highest BCUT2D eigenvalue weighted by atomic mass is 14.9. The third kappa shape index (κ3) is 1.88. The van der Waals surface area contributed by atoms with Crippen LogP contribution in [0.25, 0.3) is 33.5 Å². The van der Waals surface area contributed by atoms with Crippen LogP contribution in [0.15, 0.2) is 42.7 Å². The van der Waals surface area contributed by atoms with Crippen molar-refractivity contribution in [2.75, 3.05) is 0 Å². The Bertz CT molecular complexity index is 964. The van der Waals surface area contributed by atoms with Crippen LogP contribution >= 0.6 is 0 Å². The summed E-state index contributed by atoms with van der Waals surface area (Å²) in [6.45, 7) is 4.18. The second-order valence-electron chi connectivity index (χ2n) is 5.29. The standard InChI is InChI=1S/C17H14N4/c1-10-8-11(2)15-14(9-10)20-17(21-15)12-4-3-5-13-16(12)19-7-6-18-13/h3-9H,1-2H3,(H,20,21). The molecular formula is C17H14N4. The van der Waals surface area contributed by atoms with E-state index in [0.717, 1.165) is 33.5 Å². The summed E-state index contributed by atoms with van der Waals surface area (Å²) in [5.41, 5.74) is 7.21. The average molecular weight is 274 g/mol. The topological polar surface area (TPSA) is 54.5 Å². The molecule has 0 radical (unpaired) electrons. The molecule has 4 nitrogen and oxygen atoms in total. The van der Waals surface area contributed by atoms with Crippen molar-refractivity contribution >= 4 is 22.1 Å². The Labute approximate surface area is 121 Å². The number of aryl methyl sites for hydroxylation is 2. The van der Waals surface area contributed by atoms with Crippen molar-refractivity contribution in [3.8, 4) is 11.4 Å². The van der Waals surface area contributed by atoms with Crippen LogP contribution in [0, 0.1) is 13.8 Å². The number of rotatable bonds is 1. The van der Waals surface area contributed by atoms with Crippen LogP contribution < -0.4 is 0 Å². The van der Waals surface area contributed by atoms with Crippen LogP contribution in [0.2, 0.25) is 0 Å².